The molecule has 114 valence electrons. The van der Waals surface area contributed by atoms with Crippen molar-refractivity contribution in [1.29, 1.82) is 0 Å². The van der Waals surface area contributed by atoms with E-state index in [4.69, 9.17) is 5.73 Å². The molecule has 6 heteroatoms. The molecule has 0 saturated carbocycles. The van der Waals surface area contributed by atoms with Crippen molar-refractivity contribution in [3.63, 3.8) is 0 Å². The maximum atomic E-state index is 10.6. The normalized spacial score (nSPS) is 14.5. The lowest BCUT2D eigenvalue weighted by molar-refractivity contribution is 0.613. The van der Waals surface area contributed by atoms with E-state index in [0.29, 0.717) is 5.57 Å². The highest BCUT2D eigenvalue weighted by Crippen LogP contribution is 2.10. The predicted molar refractivity (Wildman–Crippen MR) is 93.2 cm³/mol. The SMILES string of the molecule is CCc1ccsc1.NCC1=CS(=O)(=O)C=C1.c1ccsc1. The summed E-state index contributed by atoms with van der Waals surface area (Å²) >= 11 is 3.48. The van der Waals surface area contributed by atoms with E-state index in [-0.39, 0.29) is 6.54 Å². The second kappa shape index (κ2) is 9.68. The Labute approximate surface area is 134 Å². The zero-order chi connectivity index (χ0) is 15.6. The van der Waals surface area contributed by atoms with E-state index in [1.165, 1.54) is 23.5 Å². The molecule has 0 atom stereocenters. The third-order valence-electron chi connectivity index (χ3n) is 2.44. The Morgan fingerprint density at radius 1 is 1.14 bits per heavy atom. The summed E-state index contributed by atoms with van der Waals surface area (Å²) in [5.41, 5.74) is 7.28. The molecule has 0 amide bonds. The van der Waals surface area contributed by atoms with Crippen molar-refractivity contribution in [2.24, 2.45) is 5.73 Å². The van der Waals surface area contributed by atoms with Gasteiger partial charge in [0, 0.05) is 17.4 Å². The summed E-state index contributed by atoms with van der Waals surface area (Å²) in [7, 11) is -3.03. The van der Waals surface area contributed by atoms with Crippen molar-refractivity contribution in [2.75, 3.05) is 6.54 Å². The fraction of sp³-hybridized carbons (Fsp3) is 0.200. The minimum Gasteiger partial charge on any atom is -0.326 e. The Bertz CT molecular complexity index is 622. The van der Waals surface area contributed by atoms with E-state index in [2.05, 4.69) is 23.8 Å². The van der Waals surface area contributed by atoms with Gasteiger partial charge in [0.25, 0.3) is 0 Å². The van der Waals surface area contributed by atoms with Gasteiger partial charge in [-0.15, -0.1) is 0 Å². The Hall–Kier alpha value is -1.21. The fourth-order valence-electron chi connectivity index (χ4n) is 1.31. The molecule has 0 aliphatic carbocycles. The minimum absolute atomic E-state index is 0.287. The third kappa shape index (κ3) is 7.96. The Morgan fingerprint density at radius 2 is 1.86 bits per heavy atom. The monoisotopic (exact) mass is 341 g/mol. The van der Waals surface area contributed by atoms with Gasteiger partial charge in [0.1, 0.15) is 0 Å². The molecule has 0 saturated heterocycles. The van der Waals surface area contributed by atoms with Gasteiger partial charge in [-0.1, -0.05) is 19.1 Å². The number of thiophene rings is 2. The van der Waals surface area contributed by atoms with E-state index in [1.807, 2.05) is 22.9 Å². The Morgan fingerprint density at radius 3 is 2.10 bits per heavy atom. The van der Waals surface area contributed by atoms with Gasteiger partial charge in [0.2, 0.25) is 0 Å². The molecule has 3 rings (SSSR count). The smallest absolute Gasteiger partial charge is 0.193 e. The lowest BCUT2D eigenvalue weighted by atomic mass is 10.3. The molecule has 21 heavy (non-hydrogen) atoms. The number of hydrogen-bond donors (Lipinski definition) is 1. The molecule has 3 heterocycles. The second-order valence-corrected chi connectivity index (χ2v) is 7.35. The van der Waals surface area contributed by atoms with Crippen LogP contribution in [0.25, 0.3) is 0 Å². The average molecular weight is 342 g/mol. The van der Waals surface area contributed by atoms with Crippen LogP contribution in [0.3, 0.4) is 0 Å². The quantitative estimate of drug-likeness (QED) is 0.903. The number of rotatable bonds is 2. The van der Waals surface area contributed by atoms with Crippen molar-refractivity contribution < 1.29 is 8.42 Å². The van der Waals surface area contributed by atoms with Crippen LogP contribution >= 0.6 is 22.7 Å². The Balaban J connectivity index is 0.000000164. The van der Waals surface area contributed by atoms with E-state index >= 15 is 0 Å². The summed E-state index contributed by atoms with van der Waals surface area (Å²) in [6.07, 6.45) is 2.68. The van der Waals surface area contributed by atoms with Gasteiger partial charge in [-0.2, -0.15) is 22.7 Å². The number of hydrogen-bond acceptors (Lipinski definition) is 5. The van der Waals surface area contributed by atoms with Crippen molar-refractivity contribution in [1.82, 2.24) is 0 Å². The molecule has 2 N–H and O–H groups in total. The van der Waals surface area contributed by atoms with Crippen LogP contribution in [0, 0.1) is 0 Å². The van der Waals surface area contributed by atoms with E-state index < -0.39 is 9.84 Å². The van der Waals surface area contributed by atoms with Crippen LogP contribution in [-0.4, -0.2) is 15.0 Å². The fourth-order valence-corrected chi connectivity index (χ4v) is 3.55. The first kappa shape index (κ1) is 17.8. The standard InChI is InChI=1S/C6H8S.C5H7NO2S.C4H4S/c1-2-6-3-4-7-5-6;6-3-5-1-2-9(7,8)4-5;1-2-4-5-3-1/h3-5H,2H2,1H3;1-2,4H,3,6H2;1-4H. The van der Waals surface area contributed by atoms with Crippen LogP contribution in [0.5, 0.6) is 0 Å². The first-order valence-electron chi connectivity index (χ1n) is 6.39. The third-order valence-corrected chi connectivity index (χ3v) is 4.94. The lowest BCUT2D eigenvalue weighted by Crippen LogP contribution is -1.99. The van der Waals surface area contributed by atoms with E-state index in [9.17, 15) is 8.42 Å². The summed E-state index contributed by atoms with van der Waals surface area (Å²) in [5, 5.41) is 10.7. The summed E-state index contributed by atoms with van der Waals surface area (Å²) in [4.78, 5) is 0. The first-order chi connectivity index (χ1) is 10.1. The van der Waals surface area contributed by atoms with E-state index in [0.717, 1.165) is 5.41 Å². The molecule has 0 radical (unpaired) electrons. The highest BCUT2D eigenvalue weighted by molar-refractivity contribution is 7.97. The van der Waals surface area contributed by atoms with Gasteiger partial charge in [-0.05, 0) is 51.2 Å². The molecular formula is C15H19NO2S3. The molecule has 2 aromatic rings. The van der Waals surface area contributed by atoms with Gasteiger partial charge < -0.3 is 5.73 Å². The zero-order valence-electron chi connectivity index (χ0n) is 11.8. The molecule has 0 spiro atoms. The summed E-state index contributed by atoms with van der Waals surface area (Å²) < 4.78 is 21.2. The van der Waals surface area contributed by atoms with Crippen LogP contribution in [0.1, 0.15) is 12.5 Å². The van der Waals surface area contributed by atoms with Gasteiger partial charge in [0.05, 0.1) is 0 Å². The number of sulfone groups is 1. The topological polar surface area (TPSA) is 60.2 Å². The summed E-state index contributed by atoms with van der Waals surface area (Å²) in [6.45, 7) is 2.46. The molecule has 0 aromatic carbocycles. The molecular weight excluding hydrogens is 322 g/mol. The van der Waals surface area contributed by atoms with Crippen LogP contribution in [0.4, 0.5) is 0 Å². The van der Waals surface area contributed by atoms with Crippen molar-refractivity contribution in [3.8, 4) is 0 Å². The lowest BCUT2D eigenvalue weighted by Gasteiger charge is -1.84. The maximum absolute atomic E-state index is 10.6. The molecule has 0 unspecified atom stereocenters. The van der Waals surface area contributed by atoms with Crippen LogP contribution < -0.4 is 5.73 Å². The zero-order valence-corrected chi connectivity index (χ0v) is 14.3. The summed E-state index contributed by atoms with van der Waals surface area (Å²) in [5.74, 6) is 0. The van der Waals surface area contributed by atoms with Crippen molar-refractivity contribution in [2.45, 2.75) is 13.3 Å². The van der Waals surface area contributed by atoms with E-state index in [1.54, 1.807) is 22.7 Å². The average Bonchev–Trinajstić information content (AvgIpc) is 3.23. The van der Waals surface area contributed by atoms with Gasteiger partial charge in [0.15, 0.2) is 9.84 Å². The van der Waals surface area contributed by atoms with Crippen molar-refractivity contribution in [3.05, 3.63) is 67.7 Å². The van der Waals surface area contributed by atoms with Crippen LogP contribution in [0.15, 0.2) is 62.2 Å². The van der Waals surface area contributed by atoms with Crippen LogP contribution in [0.2, 0.25) is 0 Å². The first-order valence-corrected chi connectivity index (χ1v) is 9.89. The van der Waals surface area contributed by atoms with Crippen LogP contribution in [-0.2, 0) is 16.3 Å². The maximum Gasteiger partial charge on any atom is 0.193 e. The molecule has 2 aromatic heterocycles. The minimum atomic E-state index is -3.03. The number of aryl methyl sites for hydroxylation is 1. The highest BCUT2D eigenvalue weighted by Gasteiger charge is 2.08. The van der Waals surface area contributed by atoms with Gasteiger partial charge in [-0.3, -0.25) is 0 Å². The molecule has 1 aliphatic rings. The molecule has 3 nitrogen and oxygen atoms in total. The summed E-state index contributed by atoms with van der Waals surface area (Å²) in [6, 6.07) is 6.19. The van der Waals surface area contributed by atoms with Gasteiger partial charge >= 0.3 is 0 Å². The molecule has 0 bridgehead atoms. The number of nitrogens with two attached hydrogens (primary N) is 1. The highest BCUT2D eigenvalue weighted by atomic mass is 32.2. The largest absolute Gasteiger partial charge is 0.326 e. The predicted octanol–water partition coefficient (Wildman–Crippen LogP) is 3.83. The second-order valence-electron chi connectivity index (χ2n) is 4.07. The Kier molecular flexibility index (Phi) is 8.22. The molecule has 0 fully saturated rings. The van der Waals surface area contributed by atoms with Gasteiger partial charge in [-0.25, -0.2) is 8.42 Å². The van der Waals surface area contributed by atoms with Crippen molar-refractivity contribution >= 4 is 32.5 Å². The molecule has 1 aliphatic heterocycles.